The Balaban J connectivity index is 1.97. The van der Waals surface area contributed by atoms with Gasteiger partial charge >= 0.3 is 5.97 Å². The lowest BCUT2D eigenvalue weighted by Crippen LogP contribution is -2.24. The number of aliphatic carboxylic acids is 1. The summed E-state index contributed by atoms with van der Waals surface area (Å²) in [6, 6.07) is 16.8. The summed E-state index contributed by atoms with van der Waals surface area (Å²) >= 11 is 0. The number of aryl methyl sites for hydroxylation is 1. The van der Waals surface area contributed by atoms with Crippen LogP contribution in [0.3, 0.4) is 0 Å². The van der Waals surface area contributed by atoms with Gasteiger partial charge in [-0.15, -0.1) is 0 Å². The van der Waals surface area contributed by atoms with Gasteiger partial charge in [0.05, 0.1) is 5.92 Å². The van der Waals surface area contributed by atoms with Crippen LogP contribution in [0.4, 0.5) is 0 Å². The predicted molar refractivity (Wildman–Crippen MR) is 94.3 cm³/mol. The SMILES string of the molecule is Cc1[nH]c2ccccc2c(=O)c1C[C@@H](Cc1ccccc1)C(=O)O. The fourth-order valence-electron chi connectivity index (χ4n) is 3.04. The van der Waals surface area contributed by atoms with Crippen LogP contribution in [-0.2, 0) is 17.6 Å². The monoisotopic (exact) mass is 321 g/mol. The molecule has 0 unspecified atom stereocenters. The molecule has 4 nitrogen and oxygen atoms in total. The molecule has 1 aromatic heterocycles. The van der Waals surface area contributed by atoms with E-state index in [2.05, 4.69) is 4.98 Å². The topological polar surface area (TPSA) is 70.2 Å². The first-order valence-corrected chi connectivity index (χ1v) is 7.93. The Kier molecular flexibility index (Phi) is 4.47. The van der Waals surface area contributed by atoms with Crippen LogP contribution in [0.5, 0.6) is 0 Å². The Bertz CT molecular complexity index is 929. The van der Waals surface area contributed by atoms with Gasteiger partial charge in [-0.2, -0.15) is 0 Å². The number of carboxylic acid groups (broad SMARTS) is 1. The van der Waals surface area contributed by atoms with E-state index in [1.807, 2.05) is 55.5 Å². The number of benzene rings is 2. The smallest absolute Gasteiger partial charge is 0.307 e. The molecule has 0 saturated carbocycles. The second kappa shape index (κ2) is 6.71. The van der Waals surface area contributed by atoms with Crippen molar-refractivity contribution in [1.29, 1.82) is 0 Å². The van der Waals surface area contributed by atoms with Crippen molar-refractivity contribution >= 4 is 16.9 Å². The van der Waals surface area contributed by atoms with Gasteiger partial charge in [-0.1, -0.05) is 42.5 Å². The number of H-pyrrole nitrogens is 1. The van der Waals surface area contributed by atoms with Gasteiger partial charge in [0.15, 0.2) is 5.43 Å². The minimum Gasteiger partial charge on any atom is -0.481 e. The van der Waals surface area contributed by atoms with E-state index in [1.165, 1.54) is 0 Å². The van der Waals surface area contributed by atoms with E-state index in [9.17, 15) is 14.7 Å². The molecule has 0 aliphatic heterocycles. The Hall–Kier alpha value is -2.88. The summed E-state index contributed by atoms with van der Waals surface area (Å²) in [5.41, 5.74) is 2.94. The minimum atomic E-state index is -0.884. The van der Waals surface area contributed by atoms with Gasteiger partial charge in [-0.3, -0.25) is 9.59 Å². The first-order chi connectivity index (χ1) is 11.6. The molecule has 1 heterocycles. The van der Waals surface area contributed by atoms with E-state index >= 15 is 0 Å². The quantitative estimate of drug-likeness (QED) is 0.757. The summed E-state index contributed by atoms with van der Waals surface area (Å²) in [6.07, 6.45) is 0.623. The standard InChI is InChI=1S/C20H19NO3/c1-13-17(19(22)16-9-5-6-10-18(16)21-13)12-15(20(23)24)11-14-7-3-2-4-8-14/h2-10,15H,11-12H2,1H3,(H,21,22)(H,23,24)/t15-/m1/s1. The zero-order valence-corrected chi connectivity index (χ0v) is 13.5. The van der Waals surface area contributed by atoms with Gasteiger partial charge in [-0.25, -0.2) is 0 Å². The lowest BCUT2D eigenvalue weighted by Gasteiger charge is -2.14. The van der Waals surface area contributed by atoms with Crippen LogP contribution in [0, 0.1) is 12.8 Å². The summed E-state index contributed by atoms with van der Waals surface area (Å²) in [5.74, 6) is -1.51. The summed E-state index contributed by atoms with van der Waals surface area (Å²) < 4.78 is 0. The zero-order chi connectivity index (χ0) is 17.1. The first-order valence-electron chi connectivity index (χ1n) is 7.93. The van der Waals surface area contributed by atoms with Gasteiger partial charge in [0, 0.05) is 22.2 Å². The molecule has 1 atom stereocenters. The number of aromatic nitrogens is 1. The summed E-state index contributed by atoms with van der Waals surface area (Å²) in [5, 5.41) is 10.2. The normalized spacial score (nSPS) is 12.2. The average Bonchev–Trinajstić information content (AvgIpc) is 2.58. The van der Waals surface area contributed by atoms with Crippen LogP contribution >= 0.6 is 0 Å². The Labute approximate surface area is 139 Å². The number of para-hydroxylation sites is 1. The highest BCUT2D eigenvalue weighted by atomic mass is 16.4. The van der Waals surface area contributed by atoms with Crippen LogP contribution in [0.25, 0.3) is 10.9 Å². The average molecular weight is 321 g/mol. The molecule has 122 valence electrons. The van der Waals surface area contributed by atoms with Crippen molar-refractivity contribution in [3.05, 3.63) is 81.6 Å². The van der Waals surface area contributed by atoms with E-state index in [0.717, 1.165) is 16.8 Å². The molecule has 4 heteroatoms. The van der Waals surface area contributed by atoms with E-state index in [-0.39, 0.29) is 11.8 Å². The van der Waals surface area contributed by atoms with E-state index < -0.39 is 11.9 Å². The molecule has 0 fully saturated rings. The molecule has 0 aliphatic rings. The number of carboxylic acids is 1. The number of pyridine rings is 1. The van der Waals surface area contributed by atoms with E-state index in [0.29, 0.717) is 17.4 Å². The molecule has 0 radical (unpaired) electrons. The molecular formula is C20H19NO3. The zero-order valence-electron chi connectivity index (χ0n) is 13.5. The number of hydrogen-bond donors (Lipinski definition) is 2. The molecule has 24 heavy (non-hydrogen) atoms. The number of aromatic amines is 1. The molecule has 2 aromatic carbocycles. The van der Waals surface area contributed by atoms with Crippen molar-refractivity contribution < 1.29 is 9.90 Å². The molecular weight excluding hydrogens is 302 g/mol. The number of fused-ring (bicyclic) bond motifs is 1. The van der Waals surface area contributed by atoms with Crippen molar-refractivity contribution in [3.63, 3.8) is 0 Å². The molecule has 2 N–H and O–H groups in total. The Morgan fingerprint density at radius 2 is 1.71 bits per heavy atom. The number of nitrogens with one attached hydrogen (secondary N) is 1. The lowest BCUT2D eigenvalue weighted by molar-refractivity contribution is -0.141. The summed E-state index contributed by atoms with van der Waals surface area (Å²) in [7, 11) is 0. The van der Waals surface area contributed by atoms with Gasteiger partial charge < -0.3 is 10.1 Å². The highest BCUT2D eigenvalue weighted by Gasteiger charge is 2.22. The van der Waals surface area contributed by atoms with Gasteiger partial charge in [0.25, 0.3) is 0 Å². The van der Waals surface area contributed by atoms with E-state index in [1.54, 1.807) is 6.07 Å². The lowest BCUT2D eigenvalue weighted by atomic mass is 9.91. The number of carbonyl (C=O) groups is 1. The number of rotatable bonds is 5. The second-order valence-electron chi connectivity index (χ2n) is 6.03. The third-order valence-corrected chi connectivity index (χ3v) is 4.35. The predicted octanol–water partition coefficient (Wildman–Crippen LogP) is 3.32. The third kappa shape index (κ3) is 3.23. The fourth-order valence-corrected chi connectivity index (χ4v) is 3.04. The third-order valence-electron chi connectivity index (χ3n) is 4.35. The summed E-state index contributed by atoms with van der Waals surface area (Å²) in [6.45, 7) is 1.82. The largest absolute Gasteiger partial charge is 0.481 e. The molecule has 0 aliphatic carbocycles. The maximum Gasteiger partial charge on any atom is 0.307 e. The van der Waals surface area contributed by atoms with Crippen LogP contribution < -0.4 is 5.43 Å². The molecule has 3 rings (SSSR count). The molecule has 0 amide bonds. The van der Waals surface area contributed by atoms with Crippen LogP contribution in [0.15, 0.2) is 59.4 Å². The van der Waals surface area contributed by atoms with Crippen molar-refractivity contribution in [1.82, 2.24) is 4.98 Å². The molecule has 0 bridgehead atoms. The first kappa shape index (κ1) is 16.0. The van der Waals surface area contributed by atoms with Crippen molar-refractivity contribution in [3.8, 4) is 0 Å². The van der Waals surface area contributed by atoms with Crippen LogP contribution in [0.2, 0.25) is 0 Å². The Morgan fingerprint density at radius 3 is 2.42 bits per heavy atom. The van der Waals surface area contributed by atoms with Crippen LogP contribution in [-0.4, -0.2) is 16.1 Å². The fraction of sp³-hybridized carbons (Fsp3) is 0.200. The highest BCUT2D eigenvalue weighted by Crippen LogP contribution is 2.17. The maximum atomic E-state index is 12.7. The van der Waals surface area contributed by atoms with Crippen molar-refractivity contribution in [2.45, 2.75) is 19.8 Å². The van der Waals surface area contributed by atoms with Gasteiger partial charge in [0.2, 0.25) is 0 Å². The van der Waals surface area contributed by atoms with E-state index in [4.69, 9.17) is 0 Å². The molecule has 0 saturated heterocycles. The number of hydrogen-bond acceptors (Lipinski definition) is 2. The maximum absolute atomic E-state index is 12.7. The molecule has 3 aromatic rings. The Morgan fingerprint density at radius 1 is 1.04 bits per heavy atom. The van der Waals surface area contributed by atoms with Gasteiger partial charge in [0.1, 0.15) is 0 Å². The van der Waals surface area contributed by atoms with Crippen molar-refractivity contribution in [2.24, 2.45) is 5.92 Å². The summed E-state index contributed by atoms with van der Waals surface area (Å²) in [4.78, 5) is 27.6. The molecule has 0 spiro atoms. The second-order valence-corrected chi connectivity index (χ2v) is 6.03. The highest BCUT2D eigenvalue weighted by molar-refractivity contribution is 5.79. The van der Waals surface area contributed by atoms with Gasteiger partial charge in [-0.05, 0) is 37.5 Å². The van der Waals surface area contributed by atoms with Crippen LogP contribution in [0.1, 0.15) is 16.8 Å². The minimum absolute atomic E-state index is 0.0823. The van der Waals surface area contributed by atoms with Crippen molar-refractivity contribution in [2.75, 3.05) is 0 Å².